The molecule has 1 saturated heterocycles. The molecule has 0 bridgehead atoms. The van der Waals surface area contributed by atoms with E-state index >= 15 is 0 Å². The minimum absolute atomic E-state index is 0.0959. The van der Waals surface area contributed by atoms with Crippen molar-refractivity contribution in [3.63, 3.8) is 0 Å². The van der Waals surface area contributed by atoms with Crippen LogP contribution >= 0.6 is 0 Å². The van der Waals surface area contributed by atoms with Crippen LogP contribution in [0.5, 0.6) is 11.5 Å². The molecule has 0 radical (unpaired) electrons. The summed E-state index contributed by atoms with van der Waals surface area (Å²) >= 11 is 0. The number of halogens is 1. The first-order chi connectivity index (χ1) is 14.5. The molecule has 0 amide bonds. The summed E-state index contributed by atoms with van der Waals surface area (Å²) in [7, 11) is 1.58. The lowest BCUT2D eigenvalue weighted by Gasteiger charge is -2.23. The predicted molar refractivity (Wildman–Crippen MR) is 112 cm³/mol. The fourth-order valence-electron chi connectivity index (χ4n) is 3.36. The number of methoxy groups -OCH3 is 1. The van der Waals surface area contributed by atoms with Crippen LogP contribution in [-0.4, -0.2) is 39.4 Å². The molecule has 5 N–H and O–H groups in total. The number of nitrogens with one attached hydrogen (secondary N) is 1. The molecule has 2 heterocycles. The molecule has 1 fully saturated rings. The van der Waals surface area contributed by atoms with Crippen LogP contribution in [0.2, 0.25) is 0 Å². The van der Waals surface area contributed by atoms with Crippen molar-refractivity contribution in [2.45, 2.75) is 12.3 Å². The Labute approximate surface area is 174 Å². The Balaban J connectivity index is 1.58. The first-order valence-electron chi connectivity index (χ1n) is 9.54. The number of allylic oxidation sites excluding steroid dienone is 2. The average Bonchev–Trinajstić information content (AvgIpc) is 3.26. The van der Waals surface area contributed by atoms with Crippen molar-refractivity contribution in [2.24, 2.45) is 5.73 Å². The highest BCUT2D eigenvalue weighted by atomic mass is 19.1. The lowest BCUT2D eigenvalue weighted by molar-refractivity contribution is 0.0317. The fourth-order valence-corrected chi connectivity index (χ4v) is 3.36. The molecule has 2 aliphatic rings. The van der Waals surface area contributed by atoms with Crippen LogP contribution in [-0.2, 0) is 9.47 Å². The highest BCUT2D eigenvalue weighted by Crippen LogP contribution is 2.34. The molecule has 7 nitrogen and oxygen atoms in total. The van der Waals surface area contributed by atoms with Crippen molar-refractivity contribution in [3.8, 4) is 11.5 Å². The van der Waals surface area contributed by atoms with E-state index in [1.165, 1.54) is 6.07 Å². The summed E-state index contributed by atoms with van der Waals surface area (Å²) in [4.78, 5) is 0. The van der Waals surface area contributed by atoms with Gasteiger partial charge in [0.2, 0.25) is 0 Å². The van der Waals surface area contributed by atoms with Crippen molar-refractivity contribution < 1.29 is 23.3 Å². The fraction of sp³-hybridized carbons (Fsp3) is 0.273. The van der Waals surface area contributed by atoms with Crippen LogP contribution in [0.25, 0.3) is 11.1 Å². The van der Waals surface area contributed by atoms with Crippen LogP contribution in [0.15, 0.2) is 48.7 Å². The summed E-state index contributed by atoms with van der Waals surface area (Å²) in [6, 6.07) is 10.2. The zero-order valence-corrected chi connectivity index (χ0v) is 16.6. The standard InChI is InChI=1S/C22H24FN3O4/c1-27-21-7-13(2-5-20(21)29-11-16-10-28-12-30-16)14-6-18(22(25)26-9-14)17-4-3-15(24)8-19(17)23/h2-9,16,22,26H,10-12,24-25H2,1H3/t16-,22?/m1/s1. The SMILES string of the molecule is COc1cc(C2=CNC(N)C(c3ccc(N)cc3F)=C2)ccc1OC[C@H]1COCO1. The number of nitrogen functional groups attached to an aromatic ring is 1. The van der Waals surface area contributed by atoms with E-state index in [9.17, 15) is 4.39 Å². The second-order valence-electron chi connectivity index (χ2n) is 7.04. The number of benzene rings is 2. The lowest BCUT2D eigenvalue weighted by Crippen LogP contribution is -2.37. The Kier molecular flexibility index (Phi) is 5.89. The second kappa shape index (κ2) is 8.74. The number of nitrogens with two attached hydrogens (primary N) is 2. The Hall–Kier alpha value is -3.07. The Morgan fingerprint density at radius 1 is 1.20 bits per heavy atom. The van der Waals surface area contributed by atoms with Gasteiger partial charge in [0.25, 0.3) is 0 Å². The maximum absolute atomic E-state index is 14.4. The van der Waals surface area contributed by atoms with Crippen LogP contribution in [0.3, 0.4) is 0 Å². The maximum Gasteiger partial charge on any atom is 0.161 e. The van der Waals surface area contributed by atoms with Gasteiger partial charge in [0.1, 0.15) is 31.5 Å². The monoisotopic (exact) mass is 413 g/mol. The summed E-state index contributed by atoms with van der Waals surface area (Å²) < 4.78 is 36.3. The molecule has 30 heavy (non-hydrogen) atoms. The topological polar surface area (TPSA) is 101 Å². The normalized spacial score (nSPS) is 20.9. The highest BCUT2D eigenvalue weighted by molar-refractivity contribution is 5.88. The van der Waals surface area contributed by atoms with E-state index in [2.05, 4.69) is 5.32 Å². The number of rotatable bonds is 6. The quantitative estimate of drug-likeness (QED) is 0.626. The smallest absolute Gasteiger partial charge is 0.161 e. The second-order valence-corrected chi connectivity index (χ2v) is 7.04. The van der Waals surface area contributed by atoms with E-state index in [0.717, 1.165) is 11.1 Å². The van der Waals surface area contributed by atoms with E-state index in [4.69, 9.17) is 30.4 Å². The largest absolute Gasteiger partial charge is 0.493 e. The minimum Gasteiger partial charge on any atom is -0.493 e. The summed E-state index contributed by atoms with van der Waals surface area (Å²) in [6.45, 7) is 1.17. The summed E-state index contributed by atoms with van der Waals surface area (Å²) in [6.07, 6.45) is 3.02. The predicted octanol–water partition coefficient (Wildman–Crippen LogP) is 2.48. The molecule has 0 saturated carbocycles. The van der Waals surface area contributed by atoms with Crippen molar-refractivity contribution in [2.75, 3.05) is 32.9 Å². The molecule has 2 aromatic carbocycles. The van der Waals surface area contributed by atoms with Gasteiger partial charge < -0.3 is 35.7 Å². The minimum atomic E-state index is -0.537. The number of hydrogen-bond donors (Lipinski definition) is 3. The summed E-state index contributed by atoms with van der Waals surface area (Å²) in [5.41, 5.74) is 14.9. The number of hydrogen-bond acceptors (Lipinski definition) is 7. The third-order valence-electron chi connectivity index (χ3n) is 4.98. The van der Waals surface area contributed by atoms with Crippen LogP contribution in [0.1, 0.15) is 11.1 Å². The molecule has 0 aliphatic carbocycles. The van der Waals surface area contributed by atoms with Gasteiger partial charge in [-0.3, -0.25) is 0 Å². The van der Waals surface area contributed by atoms with Crippen molar-refractivity contribution in [1.82, 2.24) is 5.32 Å². The Morgan fingerprint density at radius 3 is 2.80 bits per heavy atom. The van der Waals surface area contributed by atoms with E-state index in [0.29, 0.717) is 41.5 Å². The lowest BCUT2D eigenvalue weighted by atomic mass is 9.94. The Bertz CT molecular complexity index is 986. The van der Waals surface area contributed by atoms with E-state index in [-0.39, 0.29) is 12.9 Å². The van der Waals surface area contributed by atoms with Gasteiger partial charge in [-0.05, 0) is 53.1 Å². The van der Waals surface area contributed by atoms with Gasteiger partial charge in [-0.15, -0.1) is 0 Å². The van der Waals surface area contributed by atoms with Crippen LogP contribution in [0.4, 0.5) is 10.1 Å². The molecule has 2 aliphatic heterocycles. The number of anilines is 1. The van der Waals surface area contributed by atoms with Gasteiger partial charge in [0, 0.05) is 17.5 Å². The third-order valence-corrected chi connectivity index (χ3v) is 4.98. The Morgan fingerprint density at radius 2 is 2.07 bits per heavy atom. The zero-order valence-electron chi connectivity index (χ0n) is 16.6. The number of ether oxygens (including phenoxy) is 4. The summed E-state index contributed by atoms with van der Waals surface area (Å²) in [5.74, 6) is 0.765. The molecular weight excluding hydrogens is 389 g/mol. The maximum atomic E-state index is 14.4. The van der Waals surface area contributed by atoms with Gasteiger partial charge in [0.15, 0.2) is 11.5 Å². The molecule has 1 unspecified atom stereocenters. The molecular formula is C22H24FN3O4. The first-order valence-corrected chi connectivity index (χ1v) is 9.54. The van der Waals surface area contributed by atoms with Crippen LogP contribution < -0.4 is 26.3 Å². The molecule has 2 aromatic rings. The van der Waals surface area contributed by atoms with E-state index in [1.807, 2.05) is 24.3 Å². The van der Waals surface area contributed by atoms with Gasteiger partial charge in [-0.1, -0.05) is 6.07 Å². The van der Waals surface area contributed by atoms with E-state index in [1.54, 1.807) is 25.4 Å². The van der Waals surface area contributed by atoms with Crippen molar-refractivity contribution >= 4 is 16.8 Å². The third kappa shape index (κ3) is 4.25. The first kappa shape index (κ1) is 20.2. The number of dihydropyridines is 1. The molecule has 158 valence electrons. The molecule has 4 rings (SSSR count). The molecule has 8 heteroatoms. The zero-order chi connectivity index (χ0) is 21.1. The van der Waals surface area contributed by atoms with Crippen molar-refractivity contribution in [3.05, 3.63) is 65.6 Å². The van der Waals surface area contributed by atoms with Crippen LogP contribution in [0, 0.1) is 5.82 Å². The van der Waals surface area contributed by atoms with E-state index < -0.39 is 12.0 Å². The molecule has 2 atom stereocenters. The van der Waals surface area contributed by atoms with Gasteiger partial charge >= 0.3 is 0 Å². The highest BCUT2D eigenvalue weighted by Gasteiger charge is 2.21. The van der Waals surface area contributed by atoms with Gasteiger partial charge in [-0.2, -0.15) is 0 Å². The molecule has 0 spiro atoms. The van der Waals surface area contributed by atoms with Gasteiger partial charge in [-0.25, -0.2) is 4.39 Å². The van der Waals surface area contributed by atoms with Crippen molar-refractivity contribution in [1.29, 1.82) is 0 Å². The molecule has 0 aromatic heterocycles. The average molecular weight is 413 g/mol. The summed E-state index contributed by atoms with van der Waals surface area (Å²) in [5, 5.41) is 3.08. The van der Waals surface area contributed by atoms with Gasteiger partial charge in [0.05, 0.1) is 13.7 Å².